The molecule has 0 unspecified atom stereocenters. The number of benzene rings is 2. The van der Waals surface area contributed by atoms with E-state index in [1.165, 1.54) is 0 Å². The Kier molecular flexibility index (Phi) is 7.15. The average molecular weight is 526 g/mol. The van der Waals surface area contributed by atoms with Crippen molar-refractivity contribution >= 4 is 34.6 Å². The fourth-order valence-electron chi connectivity index (χ4n) is 5.18. The van der Waals surface area contributed by atoms with Crippen LogP contribution >= 0.6 is 12.2 Å². The third kappa shape index (κ3) is 4.63. The minimum Gasteiger partial charge on any atom is -0.494 e. The Morgan fingerprint density at radius 2 is 1.82 bits per heavy atom. The molecule has 5 rings (SSSR count). The number of hydrogen-bond donors (Lipinski definition) is 2. The SMILES string of the molecule is CCC(=O)Nc1ccc(N2C(=S)N[C@@H](c3ccccn3)[C@@H]2c2cc(C)n(-c3ccccc3)c2C)cc1OC. The molecule has 7 nitrogen and oxygen atoms in total. The summed E-state index contributed by atoms with van der Waals surface area (Å²) in [4.78, 5) is 18.9. The van der Waals surface area contributed by atoms with Gasteiger partial charge in [0.2, 0.25) is 5.91 Å². The van der Waals surface area contributed by atoms with Crippen molar-refractivity contribution in [3.63, 3.8) is 0 Å². The predicted octanol–water partition coefficient (Wildman–Crippen LogP) is 6.02. The number of aryl methyl sites for hydroxylation is 1. The molecule has 0 radical (unpaired) electrons. The molecule has 2 N–H and O–H groups in total. The van der Waals surface area contributed by atoms with E-state index in [1.807, 2.05) is 61.5 Å². The highest BCUT2D eigenvalue weighted by Gasteiger charge is 2.42. The van der Waals surface area contributed by atoms with E-state index in [1.54, 1.807) is 13.3 Å². The molecule has 1 amide bonds. The quantitative estimate of drug-likeness (QED) is 0.288. The van der Waals surface area contributed by atoms with Crippen molar-refractivity contribution < 1.29 is 9.53 Å². The van der Waals surface area contributed by atoms with E-state index < -0.39 is 0 Å². The fourth-order valence-corrected chi connectivity index (χ4v) is 5.53. The maximum Gasteiger partial charge on any atom is 0.224 e. The van der Waals surface area contributed by atoms with Gasteiger partial charge in [0, 0.05) is 41.4 Å². The highest BCUT2D eigenvalue weighted by atomic mass is 32.1. The van der Waals surface area contributed by atoms with Crippen LogP contribution in [0.3, 0.4) is 0 Å². The number of methoxy groups -OCH3 is 1. The van der Waals surface area contributed by atoms with Gasteiger partial charge in [0.25, 0.3) is 0 Å². The Morgan fingerprint density at radius 3 is 2.50 bits per heavy atom. The van der Waals surface area contributed by atoms with Crippen LogP contribution in [0.25, 0.3) is 5.69 Å². The van der Waals surface area contributed by atoms with Crippen molar-refractivity contribution in [1.82, 2.24) is 14.9 Å². The lowest BCUT2D eigenvalue weighted by Crippen LogP contribution is -2.29. The standard InChI is InChI=1S/C30H31N5O2S/c1-5-27(36)32-24-15-14-22(18-26(24)37-4)35-29(28(33-30(35)38)25-13-9-10-16-31-25)23-17-19(2)34(20(23)3)21-11-7-6-8-12-21/h6-18,28-29H,5H2,1-4H3,(H,32,36)(H,33,38)/t28-,29-/m0/s1. The maximum atomic E-state index is 12.1. The zero-order valence-corrected chi connectivity index (χ0v) is 22.8. The van der Waals surface area contributed by atoms with Crippen LogP contribution in [0.1, 0.15) is 48.1 Å². The third-order valence-electron chi connectivity index (χ3n) is 6.96. The van der Waals surface area contributed by atoms with Gasteiger partial charge in [0.1, 0.15) is 5.75 Å². The number of rotatable bonds is 7. The second-order valence-corrected chi connectivity index (χ2v) is 9.67. The molecular formula is C30H31N5O2S. The zero-order chi connectivity index (χ0) is 26.8. The third-order valence-corrected chi connectivity index (χ3v) is 7.27. The molecule has 2 aromatic carbocycles. The van der Waals surface area contributed by atoms with Gasteiger partial charge in [0.05, 0.1) is 30.6 Å². The summed E-state index contributed by atoms with van der Waals surface area (Å²) in [5.41, 5.74) is 6.93. The van der Waals surface area contributed by atoms with E-state index in [0.717, 1.165) is 34.0 Å². The first kappa shape index (κ1) is 25.5. The van der Waals surface area contributed by atoms with E-state index in [2.05, 4.69) is 57.1 Å². The first-order chi connectivity index (χ1) is 18.4. The second kappa shape index (κ2) is 10.7. The van der Waals surface area contributed by atoms with Crippen molar-refractivity contribution in [3.05, 3.63) is 102 Å². The first-order valence-corrected chi connectivity index (χ1v) is 13.1. The van der Waals surface area contributed by atoms with Crippen LogP contribution in [-0.2, 0) is 4.79 Å². The van der Waals surface area contributed by atoms with Crippen molar-refractivity contribution in [3.8, 4) is 11.4 Å². The number of para-hydroxylation sites is 1. The van der Waals surface area contributed by atoms with Gasteiger partial charge < -0.3 is 24.8 Å². The van der Waals surface area contributed by atoms with E-state index in [-0.39, 0.29) is 18.0 Å². The van der Waals surface area contributed by atoms with Gasteiger partial charge in [-0.15, -0.1) is 0 Å². The predicted molar refractivity (Wildman–Crippen MR) is 155 cm³/mol. The summed E-state index contributed by atoms with van der Waals surface area (Å²) in [5, 5.41) is 7.04. The normalized spacial score (nSPS) is 16.8. The number of ether oxygens (including phenoxy) is 1. The molecule has 194 valence electrons. The molecule has 3 heterocycles. The van der Waals surface area contributed by atoms with Gasteiger partial charge in [0.15, 0.2) is 5.11 Å². The number of pyridine rings is 1. The number of thiocarbonyl (C=S) groups is 1. The van der Waals surface area contributed by atoms with Crippen molar-refractivity contribution in [2.45, 2.75) is 39.3 Å². The Labute approximate surface area is 228 Å². The van der Waals surface area contributed by atoms with Gasteiger partial charge in [-0.25, -0.2) is 0 Å². The minimum atomic E-state index is -0.168. The van der Waals surface area contributed by atoms with Crippen molar-refractivity contribution in [2.24, 2.45) is 0 Å². The Bertz CT molecular complexity index is 1470. The van der Waals surface area contributed by atoms with E-state index in [4.69, 9.17) is 17.0 Å². The molecule has 0 saturated carbocycles. The Balaban J connectivity index is 1.64. The number of carbonyl (C=O) groups excluding carboxylic acids is 1. The second-order valence-electron chi connectivity index (χ2n) is 9.28. The van der Waals surface area contributed by atoms with Crippen molar-refractivity contribution in [2.75, 3.05) is 17.3 Å². The largest absolute Gasteiger partial charge is 0.494 e. The molecule has 1 aliphatic heterocycles. The molecule has 4 aromatic rings. The summed E-state index contributed by atoms with van der Waals surface area (Å²) in [6.45, 7) is 6.09. The maximum absolute atomic E-state index is 12.1. The van der Waals surface area contributed by atoms with E-state index >= 15 is 0 Å². The van der Waals surface area contributed by atoms with Crippen LogP contribution in [0.4, 0.5) is 11.4 Å². The van der Waals surface area contributed by atoms with Crippen molar-refractivity contribution in [1.29, 1.82) is 0 Å². The molecule has 2 aromatic heterocycles. The monoisotopic (exact) mass is 525 g/mol. The van der Waals surface area contributed by atoms with Gasteiger partial charge in [-0.3, -0.25) is 9.78 Å². The number of anilines is 2. The topological polar surface area (TPSA) is 71.4 Å². The molecule has 8 heteroatoms. The van der Waals surface area contributed by atoms with Crippen LogP contribution in [0.2, 0.25) is 0 Å². The van der Waals surface area contributed by atoms with Gasteiger partial charge >= 0.3 is 0 Å². The van der Waals surface area contributed by atoms with Gasteiger partial charge in [-0.2, -0.15) is 0 Å². The number of hydrogen-bond acceptors (Lipinski definition) is 4. The molecule has 0 spiro atoms. The molecule has 1 fully saturated rings. The number of nitrogens with one attached hydrogen (secondary N) is 2. The number of amides is 1. The highest BCUT2D eigenvalue weighted by molar-refractivity contribution is 7.80. The van der Waals surface area contributed by atoms with Gasteiger partial charge in [-0.05, 0) is 74.1 Å². The molecule has 0 aliphatic carbocycles. The summed E-state index contributed by atoms with van der Waals surface area (Å²) in [7, 11) is 1.60. The summed E-state index contributed by atoms with van der Waals surface area (Å²) in [5.74, 6) is 0.498. The lowest BCUT2D eigenvalue weighted by atomic mass is 9.96. The molecule has 1 saturated heterocycles. The average Bonchev–Trinajstić information content (AvgIpc) is 3.44. The fraction of sp³-hybridized carbons (Fsp3) is 0.233. The molecule has 38 heavy (non-hydrogen) atoms. The number of carbonyl (C=O) groups is 1. The number of aromatic nitrogens is 2. The van der Waals surface area contributed by atoms with Crippen LogP contribution in [-0.4, -0.2) is 27.7 Å². The lowest BCUT2D eigenvalue weighted by Gasteiger charge is -2.29. The molecule has 1 aliphatic rings. The Hall–Kier alpha value is -4.17. The summed E-state index contributed by atoms with van der Waals surface area (Å²) < 4.78 is 7.93. The summed E-state index contributed by atoms with van der Waals surface area (Å²) >= 11 is 5.92. The smallest absolute Gasteiger partial charge is 0.224 e. The molecule has 2 atom stereocenters. The van der Waals surface area contributed by atoms with Crippen LogP contribution < -0.4 is 20.3 Å². The molecule has 0 bridgehead atoms. The van der Waals surface area contributed by atoms with E-state index in [9.17, 15) is 4.79 Å². The lowest BCUT2D eigenvalue weighted by molar-refractivity contribution is -0.115. The highest BCUT2D eigenvalue weighted by Crippen LogP contribution is 2.45. The first-order valence-electron chi connectivity index (χ1n) is 12.7. The van der Waals surface area contributed by atoms with Gasteiger partial charge in [-0.1, -0.05) is 31.2 Å². The van der Waals surface area contributed by atoms with E-state index in [0.29, 0.717) is 23.0 Å². The minimum absolute atomic E-state index is 0.0733. The van der Waals surface area contributed by atoms with Crippen LogP contribution in [0.5, 0.6) is 5.75 Å². The summed E-state index contributed by atoms with van der Waals surface area (Å²) in [6, 6.07) is 23.9. The zero-order valence-electron chi connectivity index (χ0n) is 21.9. The van der Waals surface area contributed by atoms with Crippen LogP contribution in [0, 0.1) is 13.8 Å². The summed E-state index contributed by atoms with van der Waals surface area (Å²) in [6.07, 6.45) is 2.19. The molecular weight excluding hydrogens is 494 g/mol. The van der Waals surface area contributed by atoms with Crippen LogP contribution in [0.15, 0.2) is 79.0 Å². The number of nitrogens with zero attached hydrogens (tertiary/aromatic N) is 3. The Morgan fingerprint density at radius 1 is 1.05 bits per heavy atom.